The van der Waals surface area contributed by atoms with Crippen LogP contribution in [0.1, 0.15) is 29.8 Å². The molecule has 2 aromatic carbocycles. The summed E-state index contributed by atoms with van der Waals surface area (Å²) >= 11 is 0. The minimum Gasteiger partial charge on any atom is -0.494 e. The number of carbonyl (C=O) groups is 2. The van der Waals surface area contributed by atoms with Gasteiger partial charge in [-0.3, -0.25) is 14.5 Å². The quantitative estimate of drug-likeness (QED) is 0.642. The second-order valence-electron chi connectivity index (χ2n) is 7.11. The summed E-state index contributed by atoms with van der Waals surface area (Å²) in [5.41, 5.74) is 1.82. The molecule has 1 aliphatic heterocycles. The molecule has 0 spiro atoms. The van der Waals surface area contributed by atoms with Crippen molar-refractivity contribution in [2.45, 2.75) is 20.4 Å². The fourth-order valence-electron chi connectivity index (χ4n) is 3.31. The number of hydrogen-bond donors (Lipinski definition) is 0. The van der Waals surface area contributed by atoms with E-state index in [2.05, 4.69) is 17.0 Å². The molecule has 0 bridgehead atoms. The van der Waals surface area contributed by atoms with Gasteiger partial charge in [-0.05, 0) is 43.7 Å². The lowest BCUT2D eigenvalue weighted by Crippen LogP contribution is -2.49. The van der Waals surface area contributed by atoms with E-state index in [1.54, 1.807) is 24.3 Å². The molecule has 0 unspecified atom stereocenters. The van der Waals surface area contributed by atoms with E-state index in [9.17, 15) is 9.59 Å². The average molecular weight is 396 g/mol. The molecule has 0 aliphatic carbocycles. The van der Waals surface area contributed by atoms with Crippen LogP contribution < -0.4 is 9.47 Å². The molecule has 29 heavy (non-hydrogen) atoms. The molecule has 6 heteroatoms. The monoisotopic (exact) mass is 396 g/mol. The van der Waals surface area contributed by atoms with Crippen LogP contribution in [-0.4, -0.2) is 60.9 Å². The van der Waals surface area contributed by atoms with E-state index in [-0.39, 0.29) is 18.3 Å². The van der Waals surface area contributed by atoms with E-state index in [0.29, 0.717) is 31.0 Å². The first-order chi connectivity index (χ1) is 14.0. The van der Waals surface area contributed by atoms with Gasteiger partial charge < -0.3 is 14.4 Å². The van der Waals surface area contributed by atoms with Crippen molar-refractivity contribution in [3.8, 4) is 11.5 Å². The molecule has 1 saturated heterocycles. The first-order valence-corrected chi connectivity index (χ1v) is 10.0. The number of carbonyl (C=O) groups excluding carboxylic acids is 2. The minimum absolute atomic E-state index is 0.0136. The van der Waals surface area contributed by atoms with Crippen molar-refractivity contribution in [1.29, 1.82) is 0 Å². The summed E-state index contributed by atoms with van der Waals surface area (Å²) in [5, 5.41) is 0. The van der Waals surface area contributed by atoms with Crippen molar-refractivity contribution in [1.82, 2.24) is 9.80 Å². The summed E-state index contributed by atoms with van der Waals surface area (Å²) in [6, 6.07) is 15.1. The van der Waals surface area contributed by atoms with Crippen LogP contribution in [0.2, 0.25) is 0 Å². The van der Waals surface area contributed by atoms with E-state index in [0.717, 1.165) is 25.4 Å². The maximum atomic E-state index is 12.5. The van der Waals surface area contributed by atoms with Gasteiger partial charge in [0.25, 0.3) is 5.91 Å². The number of hydrogen-bond acceptors (Lipinski definition) is 5. The summed E-state index contributed by atoms with van der Waals surface area (Å²) in [5.74, 6) is 1.38. The van der Waals surface area contributed by atoms with E-state index in [4.69, 9.17) is 9.47 Å². The summed E-state index contributed by atoms with van der Waals surface area (Å²) in [7, 11) is 0. The van der Waals surface area contributed by atoms with Crippen molar-refractivity contribution in [3.63, 3.8) is 0 Å². The Morgan fingerprint density at radius 1 is 0.931 bits per heavy atom. The maximum Gasteiger partial charge on any atom is 0.260 e. The van der Waals surface area contributed by atoms with Crippen molar-refractivity contribution >= 4 is 11.7 Å². The number of amides is 1. The van der Waals surface area contributed by atoms with Gasteiger partial charge in [-0.25, -0.2) is 0 Å². The Balaban J connectivity index is 1.43. The third-order valence-electron chi connectivity index (χ3n) is 4.97. The summed E-state index contributed by atoms with van der Waals surface area (Å²) in [4.78, 5) is 28.1. The zero-order valence-electron chi connectivity index (χ0n) is 17.1. The number of ether oxygens (including phenoxy) is 2. The Morgan fingerprint density at radius 2 is 1.66 bits per heavy atom. The maximum absolute atomic E-state index is 12.5. The van der Waals surface area contributed by atoms with Gasteiger partial charge in [-0.1, -0.05) is 24.3 Å². The molecule has 6 nitrogen and oxygen atoms in total. The fraction of sp³-hybridized carbons (Fsp3) is 0.391. The van der Waals surface area contributed by atoms with Crippen molar-refractivity contribution in [2.75, 3.05) is 39.4 Å². The first-order valence-electron chi connectivity index (χ1n) is 10.0. The lowest BCUT2D eigenvalue weighted by Gasteiger charge is -2.34. The van der Waals surface area contributed by atoms with Crippen molar-refractivity contribution in [3.05, 3.63) is 59.7 Å². The molecule has 2 aromatic rings. The number of piperazine rings is 1. The lowest BCUT2D eigenvalue weighted by molar-refractivity contribution is -0.135. The molecule has 1 aliphatic rings. The predicted octanol–water partition coefficient (Wildman–Crippen LogP) is 3.01. The third kappa shape index (κ3) is 6.06. The fourth-order valence-corrected chi connectivity index (χ4v) is 3.31. The van der Waals surface area contributed by atoms with Crippen LogP contribution in [0.15, 0.2) is 48.5 Å². The van der Waals surface area contributed by atoms with Gasteiger partial charge in [0.05, 0.1) is 6.61 Å². The molecule has 0 aromatic heterocycles. The molecule has 0 radical (unpaired) electrons. The van der Waals surface area contributed by atoms with Crippen LogP contribution in [0, 0.1) is 0 Å². The van der Waals surface area contributed by atoms with Gasteiger partial charge in [-0.2, -0.15) is 0 Å². The Morgan fingerprint density at radius 3 is 2.31 bits per heavy atom. The standard InChI is InChI=1S/C23H28N2O4/c1-3-28-21-9-7-19(8-10-21)16-24-11-13-25(14-12-24)23(27)17-29-22-6-4-5-20(15-22)18(2)26/h4-10,15H,3,11-14,16-17H2,1-2H3. The zero-order chi connectivity index (χ0) is 20.6. The Bertz CT molecular complexity index is 827. The highest BCUT2D eigenvalue weighted by Crippen LogP contribution is 2.16. The predicted molar refractivity (Wildman–Crippen MR) is 111 cm³/mol. The normalized spacial score (nSPS) is 14.5. The van der Waals surface area contributed by atoms with Crippen molar-refractivity contribution < 1.29 is 19.1 Å². The van der Waals surface area contributed by atoms with Crippen LogP contribution in [0.5, 0.6) is 11.5 Å². The van der Waals surface area contributed by atoms with Gasteiger partial charge in [-0.15, -0.1) is 0 Å². The molecule has 1 fully saturated rings. The minimum atomic E-state index is -0.0288. The van der Waals surface area contributed by atoms with Crippen molar-refractivity contribution in [2.24, 2.45) is 0 Å². The molecule has 154 valence electrons. The van der Waals surface area contributed by atoms with Crippen LogP contribution >= 0.6 is 0 Å². The summed E-state index contributed by atoms with van der Waals surface area (Å²) < 4.78 is 11.1. The van der Waals surface area contributed by atoms with Crippen LogP contribution in [0.4, 0.5) is 0 Å². The third-order valence-corrected chi connectivity index (χ3v) is 4.97. The topological polar surface area (TPSA) is 59.1 Å². The Hall–Kier alpha value is -2.86. The van der Waals surface area contributed by atoms with Crippen LogP contribution in [0.25, 0.3) is 0 Å². The SMILES string of the molecule is CCOc1ccc(CN2CCN(C(=O)COc3cccc(C(C)=O)c3)CC2)cc1. The zero-order valence-corrected chi connectivity index (χ0v) is 17.1. The number of Topliss-reactive ketones (excluding diaryl/α,β-unsaturated/α-hetero) is 1. The number of rotatable bonds is 8. The van der Waals surface area contributed by atoms with Crippen LogP contribution in [-0.2, 0) is 11.3 Å². The molecule has 0 N–H and O–H groups in total. The Kier molecular flexibility index (Phi) is 7.25. The van der Waals surface area contributed by atoms with Gasteiger partial charge in [0, 0.05) is 38.3 Å². The first kappa shape index (κ1) is 20.9. The van der Waals surface area contributed by atoms with E-state index < -0.39 is 0 Å². The number of nitrogens with zero attached hydrogens (tertiary/aromatic N) is 2. The van der Waals surface area contributed by atoms with Gasteiger partial charge in [0.15, 0.2) is 12.4 Å². The highest BCUT2D eigenvalue weighted by Gasteiger charge is 2.21. The summed E-state index contributed by atoms with van der Waals surface area (Å²) in [6.45, 7) is 8.04. The number of ketones is 1. The largest absolute Gasteiger partial charge is 0.494 e. The van der Waals surface area contributed by atoms with E-state index in [1.165, 1.54) is 12.5 Å². The lowest BCUT2D eigenvalue weighted by atomic mass is 10.1. The highest BCUT2D eigenvalue weighted by molar-refractivity contribution is 5.94. The summed E-state index contributed by atoms with van der Waals surface area (Å²) in [6.07, 6.45) is 0. The molecule has 1 heterocycles. The second kappa shape index (κ2) is 10.1. The number of benzene rings is 2. The molecular weight excluding hydrogens is 368 g/mol. The van der Waals surface area contributed by atoms with E-state index >= 15 is 0 Å². The second-order valence-corrected chi connectivity index (χ2v) is 7.11. The average Bonchev–Trinajstić information content (AvgIpc) is 2.74. The smallest absolute Gasteiger partial charge is 0.260 e. The molecule has 1 amide bonds. The molecule has 3 rings (SSSR count). The van der Waals surface area contributed by atoms with Crippen LogP contribution in [0.3, 0.4) is 0 Å². The molecular formula is C23H28N2O4. The van der Waals surface area contributed by atoms with Gasteiger partial charge in [0.1, 0.15) is 11.5 Å². The van der Waals surface area contributed by atoms with Gasteiger partial charge >= 0.3 is 0 Å². The van der Waals surface area contributed by atoms with E-state index in [1.807, 2.05) is 24.0 Å². The molecule has 0 saturated carbocycles. The van der Waals surface area contributed by atoms with Gasteiger partial charge in [0.2, 0.25) is 0 Å². The highest BCUT2D eigenvalue weighted by atomic mass is 16.5. The Labute approximate surface area is 172 Å². The molecule has 0 atom stereocenters.